The number of fused-ring (bicyclic) bond motifs is 1. The summed E-state index contributed by atoms with van der Waals surface area (Å²) in [7, 11) is 0. The number of halogens is 3. The summed E-state index contributed by atoms with van der Waals surface area (Å²) < 4.78 is 45.7. The minimum Gasteiger partial charge on any atom is -0.337 e. The van der Waals surface area contributed by atoms with E-state index in [0.717, 1.165) is 11.8 Å². The van der Waals surface area contributed by atoms with Crippen LogP contribution >= 0.6 is 0 Å². The summed E-state index contributed by atoms with van der Waals surface area (Å²) in [4.78, 5) is 18.7. The summed E-state index contributed by atoms with van der Waals surface area (Å²) in [5, 5.41) is 10.5. The number of aromatic amines is 1. The Bertz CT molecular complexity index is 1080. The minimum atomic E-state index is -4.53. The van der Waals surface area contributed by atoms with Crippen LogP contribution < -0.4 is 0 Å². The van der Waals surface area contributed by atoms with Gasteiger partial charge < -0.3 is 9.42 Å². The van der Waals surface area contributed by atoms with E-state index in [2.05, 4.69) is 20.3 Å². The van der Waals surface area contributed by atoms with Crippen molar-refractivity contribution in [3.63, 3.8) is 0 Å². The lowest BCUT2D eigenvalue weighted by molar-refractivity contribution is -0.136. The highest BCUT2D eigenvalue weighted by Gasteiger charge is 2.37. The van der Waals surface area contributed by atoms with Crippen molar-refractivity contribution >= 4 is 17.0 Å². The van der Waals surface area contributed by atoms with Crippen LogP contribution in [-0.4, -0.2) is 44.2 Å². The molecule has 4 heterocycles. The molecule has 0 bridgehead atoms. The highest BCUT2D eigenvalue weighted by Crippen LogP contribution is 2.38. The van der Waals surface area contributed by atoms with Crippen molar-refractivity contribution in [2.45, 2.75) is 51.6 Å². The lowest BCUT2D eigenvalue weighted by Crippen LogP contribution is -2.38. The van der Waals surface area contributed by atoms with E-state index in [4.69, 9.17) is 4.52 Å². The van der Waals surface area contributed by atoms with Crippen molar-refractivity contribution in [2.75, 3.05) is 13.1 Å². The van der Waals surface area contributed by atoms with E-state index in [0.29, 0.717) is 37.3 Å². The molecule has 160 valence electrons. The van der Waals surface area contributed by atoms with Gasteiger partial charge in [-0.05, 0) is 37.8 Å². The molecule has 3 aromatic heterocycles. The lowest BCUT2D eigenvalue weighted by Gasteiger charge is -2.31. The number of nitrogens with one attached hydrogen (secondary N) is 1. The predicted molar refractivity (Wildman–Crippen MR) is 102 cm³/mol. The molecular formula is C20H22F3N5O2. The fourth-order valence-corrected chi connectivity index (χ4v) is 3.83. The molecule has 0 spiro atoms. The number of aryl methyl sites for hydroxylation is 1. The number of carbonyl (C=O) groups is 1. The Morgan fingerprint density at radius 2 is 1.97 bits per heavy atom. The average Bonchev–Trinajstić information content (AvgIpc) is 3.34. The molecule has 1 N–H and O–H groups in total. The zero-order chi connectivity index (χ0) is 21.6. The second-order valence-corrected chi connectivity index (χ2v) is 7.97. The lowest BCUT2D eigenvalue weighted by atomic mass is 9.91. The SMILES string of the molecule is Cc1noc2nc(C3CCN(C(=O)c4cc(C(C)C)[nH]n4)CC3)cc(C(F)(F)F)c12. The third-order valence-corrected chi connectivity index (χ3v) is 5.58. The van der Waals surface area contributed by atoms with E-state index in [1.165, 1.54) is 6.92 Å². The molecule has 0 atom stereocenters. The molecule has 30 heavy (non-hydrogen) atoms. The van der Waals surface area contributed by atoms with Gasteiger partial charge in [-0.3, -0.25) is 9.89 Å². The summed E-state index contributed by atoms with van der Waals surface area (Å²) in [5.41, 5.74) is 0.837. The van der Waals surface area contributed by atoms with E-state index in [1.54, 1.807) is 11.0 Å². The number of hydrogen-bond acceptors (Lipinski definition) is 5. The second-order valence-electron chi connectivity index (χ2n) is 7.97. The molecule has 1 amide bonds. The van der Waals surface area contributed by atoms with E-state index < -0.39 is 11.7 Å². The predicted octanol–water partition coefficient (Wildman–Crippen LogP) is 4.42. The van der Waals surface area contributed by atoms with Crippen LogP contribution in [-0.2, 0) is 6.18 Å². The average molecular weight is 421 g/mol. The monoisotopic (exact) mass is 421 g/mol. The Kier molecular flexibility index (Phi) is 5.03. The standard InChI is InChI=1S/C20H22F3N5O2/c1-10(2)14-9-16(26-25-14)19(29)28-6-4-12(5-7-28)15-8-13(20(21,22)23)17-11(3)27-30-18(17)24-15/h8-10,12H,4-7H2,1-3H3,(H,25,26). The number of carbonyl (C=O) groups excluding carboxylic acids is 1. The van der Waals surface area contributed by atoms with Gasteiger partial charge in [0.15, 0.2) is 0 Å². The van der Waals surface area contributed by atoms with Crippen LogP contribution in [0.3, 0.4) is 0 Å². The molecule has 1 fully saturated rings. The first-order chi connectivity index (χ1) is 14.1. The number of hydrogen-bond donors (Lipinski definition) is 1. The summed E-state index contributed by atoms with van der Waals surface area (Å²) in [6.45, 7) is 6.31. The van der Waals surface area contributed by atoms with Gasteiger partial charge in [0, 0.05) is 30.4 Å². The van der Waals surface area contributed by atoms with Gasteiger partial charge in [0.1, 0.15) is 5.69 Å². The van der Waals surface area contributed by atoms with E-state index in [9.17, 15) is 18.0 Å². The molecule has 4 rings (SSSR count). The maximum absolute atomic E-state index is 13.6. The van der Waals surface area contributed by atoms with E-state index in [-0.39, 0.29) is 34.5 Å². The molecule has 7 nitrogen and oxygen atoms in total. The Labute approximate surface area is 170 Å². The highest BCUT2D eigenvalue weighted by molar-refractivity contribution is 5.92. The third kappa shape index (κ3) is 3.66. The highest BCUT2D eigenvalue weighted by atomic mass is 19.4. The second kappa shape index (κ2) is 7.41. The van der Waals surface area contributed by atoms with Crippen LogP contribution in [0.25, 0.3) is 11.1 Å². The zero-order valence-electron chi connectivity index (χ0n) is 16.9. The van der Waals surface area contributed by atoms with E-state index >= 15 is 0 Å². The third-order valence-electron chi connectivity index (χ3n) is 5.58. The van der Waals surface area contributed by atoms with Crippen LogP contribution in [0.2, 0.25) is 0 Å². The molecular weight excluding hydrogens is 399 g/mol. The number of alkyl halides is 3. The zero-order valence-corrected chi connectivity index (χ0v) is 16.9. The van der Waals surface area contributed by atoms with Gasteiger partial charge in [0.05, 0.1) is 16.6 Å². The number of piperidine rings is 1. The Morgan fingerprint density at radius 1 is 1.27 bits per heavy atom. The molecule has 10 heteroatoms. The fraction of sp³-hybridized carbons (Fsp3) is 0.500. The molecule has 1 aliphatic heterocycles. The maximum atomic E-state index is 13.6. The first kappa shape index (κ1) is 20.4. The largest absolute Gasteiger partial charge is 0.417 e. The van der Waals surface area contributed by atoms with Crippen LogP contribution in [0.1, 0.15) is 71.7 Å². The number of pyridine rings is 1. The molecule has 1 aliphatic rings. The Morgan fingerprint density at radius 3 is 2.57 bits per heavy atom. The van der Waals surface area contributed by atoms with Crippen molar-refractivity contribution < 1.29 is 22.5 Å². The van der Waals surface area contributed by atoms with Gasteiger partial charge >= 0.3 is 6.18 Å². The molecule has 0 unspecified atom stereocenters. The Balaban J connectivity index is 1.52. The smallest absolute Gasteiger partial charge is 0.337 e. The first-order valence-corrected chi connectivity index (χ1v) is 9.84. The van der Waals surface area contributed by atoms with Crippen molar-refractivity contribution in [2.24, 2.45) is 0 Å². The molecule has 3 aromatic rings. The number of nitrogens with zero attached hydrogens (tertiary/aromatic N) is 4. The molecule has 0 aromatic carbocycles. The van der Waals surface area contributed by atoms with Crippen molar-refractivity contribution in [1.82, 2.24) is 25.2 Å². The van der Waals surface area contributed by atoms with Crippen molar-refractivity contribution in [1.29, 1.82) is 0 Å². The Hall–Kier alpha value is -2.91. The summed E-state index contributed by atoms with van der Waals surface area (Å²) >= 11 is 0. The van der Waals surface area contributed by atoms with Gasteiger partial charge in [0.25, 0.3) is 11.6 Å². The van der Waals surface area contributed by atoms with Crippen molar-refractivity contribution in [3.8, 4) is 0 Å². The van der Waals surface area contributed by atoms with Crippen LogP contribution in [0.4, 0.5) is 13.2 Å². The number of H-pyrrole nitrogens is 1. The molecule has 0 saturated carbocycles. The van der Waals surface area contributed by atoms with Crippen LogP contribution in [0.15, 0.2) is 16.7 Å². The number of amides is 1. The van der Waals surface area contributed by atoms with Gasteiger partial charge in [-0.25, -0.2) is 4.98 Å². The van der Waals surface area contributed by atoms with Gasteiger partial charge in [-0.2, -0.15) is 18.3 Å². The fourth-order valence-electron chi connectivity index (χ4n) is 3.83. The van der Waals surface area contributed by atoms with Crippen molar-refractivity contribution in [3.05, 3.63) is 40.5 Å². The number of rotatable bonds is 3. The number of aromatic nitrogens is 4. The van der Waals surface area contributed by atoms with Gasteiger partial charge in [0.2, 0.25) is 0 Å². The topological polar surface area (TPSA) is 87.9 Å². The summed E-state index contributed by atoms with van der Waals surface area (Å²) in [6.07, 6.45) is -3.51. The molecule has 0 aliphatic carbocycles. The first-order valence-electron chi connectivity index (χ1n) is 9.84. The quantitative estimate of drug-likeness (QED) is 0.677. The molecule has 0 radical (unpaired) electrons. The summed E-state index contributed by atoms with van der Waals surface area (Å²) in [6, 6.07) is 2.84. The van der Waals surface area contributed by atoms with Gasteiger partial charge in [-0.15, -0.1) is 0 Å². The normalized spacial score (nSPS) is 16.0. The van der Waals surface area contributed by atoms with E-state index in [1.807, 2.05) is 13.8 Å². The summed E-state index contributed by atoms with van der Waals surface area (Å²) in [5.74, 6) is -0.148. The number of likely N-dealkylation sites (tertiary alicyclic amines) is 1. The minimum absolute atomic E-state index is 0.0987. The van der Waals surface area contributed by atoms with Crippen LogP contribution in [0, 0.1) is 6.92 Å². The van der Waals surface area contributed by atoms with Crippen LogP contribution in [0.5, 0.6) is 0 Å². The van der Waals surface area contributed by atoms with Gasteiger partial charge in [-0.1, -0.05) is 19.0 Å². The maximum Gasteiger partial charge on any atom is 0.417 e. The molecule has 1 saturated heterocycles.